The molecule has 0 aliphatic rings. The van der Waals surface area contributed by atoms with Gasteiger partial charge in [0.05, 0.1) is 0 Å². The Morgan fingerprint density at radius 3 is 2.67 bits per heavy atom. The summed E-state index contributed by atoms with van der Waals surface area (Å²) in [5, 5.41) is 18.4. The van der Waals surface area contributed by atoms with Crippen LogP contribution in [0.15, 0.2) is 0 Å². The first-order chi connectivity index (χ1) is 6.97. The van der Waals surface area contributed by atoms with E-state index in [0.717, 1.165) is 0 Å². The fourth-order valence-electron chi connectivity index (χ4n) is 0.928. The number of rotatable bonds is 2. The number of nitrogen functional groups attached to an aromatic ring is 1. The number of aliphatic hydroxyl groups is 1. The van der Waals surface area contributed by atoms with Crippen LogP contribution in [-0.2, 0) is 0 Å². The van der Waals surface area contributed by atoms with Gasteiger partial charge in [-0.15, -0.1) is 0 Å². The quantitative estimate of drug-likeness (QED) is 0.803. The third kappa shape index (κ3) is 2.56. The second-order valence-corrected chi connectivity index (χ2v) is 4.67. The number of aromatic nitrogens is 2. The van der Waals surface area contributed by atoms with Gasteiger partial charge in [0, 0.05) is 4.83 Å². The monoisotopic (exact) mass is 290 g/mol. The van der Waals surface area contributed by atoms with Crippen LogP contribution in [0, 0.1) is 11.3 Å². The summed E-state index contributed by atoms with van der Waals surface area (Å²) in [6, 6.07) is 1.77. The van der Waals surface area contributed by atoms with Crippen LogP contribution in [0.5, 0.6) is 0 Å². The molecule has 0 unspecified atom stereocenters. The van der Waals surface area contributed by atoms with E-state index >= 15 is 0 Å². The van der Waals surface area contributed by atoms with Crippen LogP contribution < -0.4 is 5.73 Å². The third-order valence-corrected chi connectivity index (χ3v) is 2.50. The Kier molecular flexibility index (Phi) is 3.85. The lowest BCUT2D eigenvalue weighted by atomic mass is 10.2. The molecule has 5 nitrogen and oxygen atoms in total. The number of halogens is 2. The first-order valence-corrected chi connectivity index (χ1v) is 5.32. The highest BCUT2D eigenvalue weighted by molar-refractivity contribution is 9.09. The normalized spacial score (nSPS) is 14.3. The molecule has 0 aliphatic carbocycles. The lowest BCUT2D eigenvalue weighted by Gasteiger charge is -2.13. The van der Waals surface area contributed by atoms with Gasteiger partial charge < -0.3 is 10.8 Å². The minimum Gasteiger partial charge on any atom is -0.386 e. The van der Waals surface area contributed by atoms with Crippen LogP contribution in [0.3, 0.4) is 0 Å². The predicted molar refractivity (Wildman–Crippen MR) is 59.5 cm³/mol. The molecule has 0 spiro atoms. The maximum atomic E-state index is 9.71. The molecule has 0 aromatic carbocycles. The van der Waals surface area contributed by atoms with E-state index in [1.54, 1.807) is 13.0 Å². The molecular weight excluding hydrogens is 283 g/mol. The van der Waals surface area contributed by atoms with E-state index in [9.17, 15) is 5.11 Å². The minimum absolute atomic E-state index is 0.00491. The number of alkyl halides is 1. The van der Waals surface area contributed by atoms with E-state index < -0.39 is 6.10 Å². The van der Waals surface area contributed by atoms with E-state index in [2.05, 4.69) is 25.9 Å². The highest BCUT2D eigenvalue weighted by Crippen LogP contribution is 2.26. The summed E-state index contributed by atoms with van der Waals surface area (Å²) in [7, 11) is 0. The van der Waals surface area contributed by atoms with Gasteiger partial charge in [0.15, 0.2) is 16.7 Å². The first-order valence-electron chi connectivity index (χ1n) is 4.02. The molecule has 1 aromatic heterocycles. The van der Waals surface area contributed by atoms with Crippen molar-refractivity contribution in [1.29, 1.82) is 5.26 Å². The maximum absolute atomic E-state index is 9.71. The van der Waals surface area contributed by atoms with Gasteiger partial charge in [-0.2, -0.15) is 5.26 Å². The second kappa shape index (κ2) is 4.75. The van der Waals surface area contributed by atoms with Crippen molar-refractivity contribution in [3.05, 3.63) is 16.5 Å². The van der Waals surface area contributed by atoms with E-state index in [0.29, 0.717) is 0 Å². The SMILES string of the molecule is C[C@H](Br)[C@H](O)c1nc(C#N)c(N)nc1Cl. The lowest BCUT2D eigenvalue weighted by Crippen LogP contribution is -2.13. The molecule has 0 bridgehead atoms. The molecule has 3 N–H and O–H groups in total. The number of nitrogens with zero attached hydrogens (tertiary/aromatic N) is 3. The Labute approximate surface area is 100 Å². The van der Waals surface area contributed by atoms with Crippen LogP contribution in [-0.4, -0.2) is 19.9 Å². The molecule has 0 fully saturated rings. The summed E-state index contributed by atoms with van der Waals surface area (Å²) in [5.41, 5.74) is 5.51. The van der Waals surface area contributed by atoms with Gasteiger partial charge in [0.25, 0.3) is 0 Å². The molecule has 2 atom stereocenters. The van der Waals surface area contributed by atoms with Gasteiger partial charge >= 0.3 is 0 Å². The summed E-state index contributed by atoms with van der Waals surface area (Å²) >= 11 is 8.94. The molecule has 0 saturated carbocycles. The summed E-state index contributed by atoms with van der Waals surface area (Å²) in [6.07, 6.45) is -0.933. The molecule has 80 valence electrons. The van der Waals surface area contributed by atoms with Gasteiger partial charge in [-0.25, -0.2) is 9.97 Å². The second-order valence-electron chi connectivity index (χ2n) is 2.87. The number of nitriles is 1. The van der Waals surface area contributed by atoms with E-state index in [1.807, 2.05) is 0 Å². The third-order valence-electron chi connectivity index (χ3n) is 1.73. The smallest absolute Gasteiger partial charge is 0.183 e. The lowest BCUT2D eigenvalue weighted by molar-refractivity contribution is 0.176. The van der Waals surface area contributed by atoms with Crippen molar-refractivity contribution in [3.8, 4) is 6.07 Å². The van der Waals surface area contributed by atoms with Crippen LogP contribution >= 0.6 is 27.5 Å². The Balaban J connectivity index is 3.26. The van der Waals surface area contributed by atoms with E-state index in [4.69, 9.17) is 22.6 Å². The Hall–Kier alpha value is -0.900. The molecular formula is C8H8BrClN4O. The van der Waals surface area contributed by atoms with Crippen molar-refractivity contribution in [2.45, 2.75) is 17.9 Å². The van der Waals surface area contributed by atoms with Crippen molar-refractivity contribution in [2.24, 2.45) is 0 Å². The fourth-order valence-corrected chi connectivity index (χ4v) is 1.42. The molecule has 1 rings (SSSR count). The van der Waals surface area contributed by atoms with Gasteiger partial charge in [-0.1, -0.05) is 27.5 Å². The van der Waals surface area contributed by atoms with E-state index in [1.165, 1.54) is 0 Å². The van der Waals surface area contributed by atoms with Crippen molar-refractivity contribution in [3.63, 3.8) is 0 Å². The number of hydrogen-bond donors (Lipinski definition) is 2. The highest BCUT2D eigenvalue weighted by atomic mass is 79.9. The zero-order chi connectivity index (χ0) is 11.6. The molecule has 0 radical (unpaired) electrons. The van der Waals surface area contributed by atoms with Crippen LogP contribution in [0.2, 0.25) is 5.15 Å². The predicted octanol–water partition coefficient (Wildman–Crippen LogP) is 1.40. The van der Waals surface area contributed by atoms with Gasteiger partial charge in [-0.05, 0) is 6.92 Å². The number of nitrogens with two attached hydrogens (primary N) is 1. The average molecular weight is 292 g/mol. The van der Waals surface area contributed by atoms with Crippen molar-refractivity contribution in [2.75, 3.05) is 5.73 Å². The van der Waals surface area contributed by atoms with Crippen molar-refractivity contribution < 1.29 is 5.11 Å². The molecule has 0 saturated heterocycles. The Morgan fingerprint density at radius 1 is 1.60 bits per heavy atom. The minimum atomic E-state index is -0.933. The molecule has 0 amide bonds. The largest absolute Gasteiger partial charge is 0.386 e. The highest BCUT2D eigenvalue weighted by Gasteiger charge is 2.21. The molecule has 15 heavy (non-hydrogen) atoms. The van der Waals surface area contributed by atoms with E-state index in [-0.39, 0.29) is 27.2 Å². The Morgan fingerprint density at radius 2 is 2.20 bits per heavy atom. The molecule has 0 aliphatic heterocycles. The topological polar surface area (TPSA) is 95.8 Å². The zero-order valence-corrected chi connectivity index (χ0v) is 10.1. The van der Waals surface area contributed by atoms with Crippen LogP contribution in [0.25, 0.3) is 0 Å². The van der Waals surface area contributed by atoms with Gasteiger partial charge in [0.2, 0.25) is 0 Å². The summed E-state index contributed by atoms with van der Waals surface area (Å²) in [6.45, 7) is 1.73. The van der Waals surface area contributed by atoms with Crippen molar-refractivity contribution in [1.82, 2.24) is 9.97 Å². The standard InChI is InChI=1S/C8H8BrClN4O/c1-3(9)6(15)5-7(10)14-8(12)4(2-11)13-5/h3,6,15H,1H3,(H2,12,14)/t3-,6-/m0/s1. The zero-order valence-electron chi connectivity index (χ0n) is 7.78. The van der Waals surface area contributed by atoms with Gasteiger partial charge in [-0.3, -0.25) is 0 Å². The molecule has 1 heterocycles. The van der Waals surface area contributed by atoms with Crippen molar-refractivity contribution >= 4 is 33.3 Å². The maximum Gasteiger partial charge on any atom is 0.183 e. The van der Waals surface area contributed by atoms with Gasteiger partial charge in [0.1, 0.15) is 17.9 Å². The van der Waals surface area contributed by atoms with Crippen LogP contribution in [0.1, 0.15) is 24.4 Å². The summed E-state index contributed by atoms with van der Waals surface area (Å²) in [5.74, 6) is -0.0410. The number of anilines is 1. The van der Waals surface area contributed by atoms with Crippen LogP contribution in [0.4, 0.5) is 5.82 Å². The number of aliphatic hydroxyl groups excluding tert-OH is 1. The summed E-state index contributed by atoms with van der Waals surface area (Å²) in [4.78, 5) is 7.33. The molecule has 1 aromatic rings. The number of hydrogen-bond acceptors (Lipinski definition) is 5. The average Bonchev–Trinajstić information content (AvgIpc) is 2.17. The molecule has 7 heteroatoms. The summed E-state index contributed by atoms with van der Waals surface area (Å²) < 4.78 is 0. The first kappa shape index (κ1) is 12.2. The fraction of sp³-hybridized carbons (Fsp3) is 0.375. The Bertz CT molecular complexity index is 418.